The summed E-state index contributed by atoms with van der Waals surface area (Å²) in [5.74, 6) is 0.628. The van der Waals surface area contributed by atoms with Gasteiger partial charge in [0.1, 0.15) is 0 Å². The number of hydrogen-bond donors (Lipinski definition) is 1. The van der Waals surface area contributed by atoms with Crippen LogP contribution < -0.4 is 0 Å². The van der Waals surface area contributed by atoms with E-state index < -0.39 is 6.10 Å². The van der Waals surface area contributed by atoms with Crippen molar-refractivity contribution in [3.05, 3.63) is 35.4 Å². The molecule has 0 saturated carbocycles. The molecular formula is C25H44O2. The second kappa shape index (κ2) is 13.3. The van der Waals surface area contributed by atoms with Gasteiger partial charge in [0, 0.05) is 0 Å². The van der Waals surface area contributed by atoms with Crippen molar-refractivity contribution in [3.63, 3.8) is 0 Å². The summed E-state index contributed by atoms with van der Waals surface area (Å²) in [5.41, 5.74) is 2.48. The van der Waals surface area contributed by atoms with Crippen molar-refractivity contribution in [2.45, 2.75) is 111 Å². The summed E-state index contributed by atoms with van der Waals surface area (Å²) in [5, 5.41) is 10.0. The molecule has 27 heavy (non-hydrogen) atoms. The highest BCUT2D eigenvalue weighted by Gasteiger charge is 2.21. The van der Waals surface area contributed by atoms with Crippen LogP contribution in [0.1, 0.15) is 109 Å². The zero-order valence-corrected chi connectivity index (χ0v) is 18.6. The largest absolute Gasteiger partial charge is 0.390 e. The third-order valence-electron chi connectivity index (χ3n) is 5.58. The van der Waals surface area contributed by atoms with Crippen molar-refractivity contribution in [2.75, 3.05) is 6.61 Å². The first-order valence-corrected chi connectivity index (χ1v) is 11.2. The van der Waals surface area contributed by atoms with E-state index in [1.165, 1.54) is 68.9 Å². The van der Waals surface area contributed by atoms with E-state index in [-0.39, 0.29) is 5.41 Å². The number of benzene rings is 1. The number of hydrogen-bond acceptors (Lipinski definition) is 2. The van der Waals surface area contributed by atoms with E-state index in [0.717, 1.165) is 0 Å². The predicted molar refractivity (Wildman–Crippen MR) is 117 cm³/mol. The van der Waals surface area contributed by atoms with E-state index in [4.69, 9.17) is 4.74 Å². The van der Waals surface area contributed by atoms with Crippen molar-refractivity contribution < 1.29 is 9.84 Å². The van der Waals surface area contributed by atoms with E-state index in [9.17, 15) is 5.11 Å². The highest BCUT2D eigenvalue weighted by Crippen LogP contribution is 2.23. The standard InChI is InChI=1S/C25H44O2/c1-6-7-8-9-10-11-12-13-14-21(2)23-17-15-22(16-18-23)19-27-20-24(26)25(3,4)5/h15-18,21,24,26H,6-14,19-20H2,1-5H3. The zero-order chi connectivity index (χ0) is 20.1. The number of aliphatic hydroxyl groups is 1. The van der Waals surface area contributed by atoms with Gasteiger partial charge in [-0.2, -0.15) is 0 Å². The van der Waals surface area contributed by atoms with Gasteiger partial charge in [-0.3, -0.25) is 0 Å². The van der Waals surface area contributed by atoms with Crippen LogP contribution in [-0.4, -0.2) is 17.8 Å². The van der Waals surface area contributed by atoms with E-state index in [1.807, 2.05) is 20.8 Å². The molecule has 2 unspecified atom stereocenters. The lowest BCUT2D eigenvalue weighted by atomic mass is 9.90. The van der Waals surface area contributed by atoms with Crippen molar-refractivity contribution in [2.24, 2.45) is 5.41 Å². The van der Waals surface area contributed by atoms with Gasteiger partial charge in [-0.05, 0) is 28.9 Å². The molecule has 2 heteroatoms. The van der Waals surface area contributed by atoms with Gasteiger partial charge < -0.3 is 9.84 Å². The minimum Gasteiger partial charge on any atom is -0.390 e. The first kappa shape index (κ1) is 24.2. The number of rotatable bonds is 14. The molecule has 0 amide bonds. The third kappa shape index (κ3) is 10.9. The second-order valence-corrected chi connectivity index (χ2v) is 9.30. The van der Waals surface area contributed by atoms with E-state index in [2.05, 4.69) is 38.1 Å². The maximum atomic E-state index is 10.0. The molecule has 156 valence electrons. The van der Waals surface area contributed by atoms with Crippen molar-refractivity contribution in [1.82, 2.24) is 0 Å². The first-order valence-electron chi connectivity index (χ1n) is 11.2. The molecule has 0 saturated heterocycles. The summed E-state index contributed by atoms with van der Waals surface area (Å²) < 4.78 is 5.69. The lowest BCUT2D eigenvalue weighted by Gasteiger charge is -2.25. The average Bonchev–Trinajstić information content (AvgIpc) is 2.63. The molecule has 1 rings (SSSR count). The Morgan fingerprint density at radius 2 is 1.44 bits per heavy atom. The molecule has 1 aromatic carbocycles. The lowest BCUT2D eigenvalue weighted by molar-refractivity contribution is -0.0259. The highest BCUT2D eigenvalue weighted by atomic mass is 16.5. The summed E-state index contributed by atoms with van der Waals surface area (Å²) >= 11 is 0. The molecule has 2 atom stereocenters. The van der Waals surface area contributed by atoms with Gasteiger partial charge in [-0.25, -0.2) is 0 Å². The smallest absolute Gasteiger partial charge is 0.0821 e. The number of aliphatic hydroxyl groups excluding tert-OH is 1. The van der Waals surface area contributed by atoms with Gasteiger partial charge in [0.25, 0.3) is 0 Å². The summed E-state index contributed by atoms with van der Waals surface area (Å²) in [6.07, 6.45) is 11.9. The maximum Gasteiger partial charge on any atom is 0.0821 e. The predicted octanol–water partition coefficient (Wildman–Crippen LogP) is 7.24. The normalized spacial score (nSPS) is 14.3. The topological polar surface area (TPSA) is 29.5 Å². The molecule has 0 aliphatic rings. The van der Waals surface area contributed by atoms with Crippen LogP contribution in [0.15, 0.2) is 24.3 Å². The molecule has 0 aromatic heterocycles. The number of ether oxygens (including phenoxy) is 1. The Bertz CT molecular complexity index is 472. The minimum absolute atomic E-state index is 0.130. The molecule has 1 N–H and O–H groups in total. The minimum atomic E-state index is -0.427. The highest BCUT2D eigenvalue weighted by molar-refractivity contribution is 5.24. The lowest BCUT2D eigenvalue weighted by Crippen LogP contribution is -2.30. The van der Waals surface area contributed by atoms with Crippen LogP contribution in [0.2, 0.25) is 0 Å². The van der Waals surface area contributed by atoms with Gasteiger partial charge in [0.15, 0.2) is 0 Å². The quantitative estimate of drug-likeness (QED) is 0.347. The third-order valence-corrected chi connectivity index (χ3v) is 5.58. The second-order valence-electron chi connectivity index (χ2n) is 9.30. The van der Waals surface area contributed by atoms with Crippen LogP contribution >= 0.6 is 0 Å². The molecule has 0 spiro atoms. The maximum absolute atomic E-state index is 10.0. The van der Waals surface area contributed by atoms with Crippen LogP contribution in [0.3, 0.4) is 0 Å². The van der Waals surface area contributed by atoms with Crippen LogP contribution in [0, 0.1) is 5.41 Å². The van der Waals surface area contributed by atoms with E-state index >= 15 is 0 Å². The van der Waals surface area contributed by atoms with Crippen molar-refractivity contribution >= 4 is 0 Å². The Hall–Kier alpha value is -0.860. The van der Waals surface area contributed by atoms with Crippen LogP contribution in [-0.2, 0) is 11.3 Å². The van der Waals surface area contributed by atoms with Crippen molar-refractivity contribution in [3.8, 4) is 0 Å². The van der Waals surface area contributed by atoms with Gasteiger partial charge >= 0.3 is 0 Å². The van der Waals surface area contributed by atoms with Crippen molar-refractivity contribution in [1.29, 1.82) is 0 Å². The van der Waals surface area contributed by atoms with Crippen LogP contribution in [0.25, 0.3) is 0 Å². The zero-order valence-electron chi connectivity index (χ0n) is 18.6. The van der Waals surface area contributed by atoms with Crippen LogP contribution in [0.5, 0.6) is 0 Å². The van der Waals surface area contributed by atoms with E-state index in [0.29, 0.717) is 19.1 Å². The van der Waals surface area contributed by atoms with E-state index in [1.54, 1.807) is 0 Å². The molecule has 0 aliphatic heterocycles. The SMILES string of the molecule is CCCCCCCCCCC(C)c1ccc(COCC(O)C(C)(C)C)cc1. The van der Waals surface area contributed by atoms with Gasteiger partial charge in [-0.15, -0.1) is 0 Å². The molecule has 0 aliphatic carbocycles. The first-order chi connectivity index (χ1) is 12.8. The van der Waals surface area contributed by atoms with Crippen LogP contribution in [0.4, 0.5) is 0 Å². The fourth-order valence-corrected chi connectivity index (χ4v) is 3.23. The van der Waals surface area contributed by atoms with Gasteiger partial charge in [0.2, 0.25) is 0 Å². The molecule has 2 nitrogen and oxygen atoms in total. The molecule has 0 heterocycles. The summed E-state index contributed by atoms with van der Waals surface area (Å²) in [4.78, 5) is 0. The monoisotopic (exact) mass is 376 g/mol. The van der Waals surface area contributed by atoms with Gasteiger partial charge in [-0.1, -0.05) is 110 Å². The molecular weight excluding hydrogens is 332 g/mol. The fraction of sp³-hybridized carbons (Fsp3) is 0.760. The Morgan fingerprint density at radius 3 is 2.00 bits per heavy atom. The Morgan fingerprint density at radius 1 is 0.889 bits per heavy atom. The van der Waals surface area contributed by atoms with Gasteiger partial charge in [0.05, 0.1) is 19.3 Å². The average molecular weight is 377 g/mol. The fourth-order valence-electron chi connectivity index (χ4n) is 3.23. The Kier molecular flexibility index (Phi) is 11.9. The number of unbranched alkanes of at least 4 members (excludes halogenated alkanes) is 7. The Labute approximate surface area is 168 Å². The molecule has 0 fully saturated rings. The summed E-state index contributed by atoms with van der Waals surface area (Å²) in [6, 6.07) is 8.83. The Balaban J connectivity index is 2.20. The summed E-state index contributed by atoms with van der Waals surface area (Å²) in [6.45, 7) is 11.7. The summed E-state index contributed by atoms with van der Waals surface area (Å²) in [7, 11) is 0. The molecule has 1 aromatic rings. The molecule has 0 bridgehead atoms. The molecule has 0 radical (unpaired) electrons.